The number of halogens is 1. The molecule has 0 unspecified atom stereocenters. The van der Waals surface area contributed by atoms with E-state index in [-0.39, 0.29) is 31.2 Å². The van der Waals surface area contributed by atoms with Gasteiger partial charge in [-0.05, 0) is 76.0 Å². The summed E-state index contributed by atoms with van der Waals surface area (Å²) in [5.74, 6) is 1.41. The molecule has 42 heavy (non-hydrogen) atoms. The van der Waals surface area contributed by atoms with Gasteiger partial charge >= 0.3 is 0 Å². The monoisotopic (exact) mass is 582 g/mol. The van der Waals surface area contributed by atoms with Crippen LogP contribution in [0.2, 0.25) is 0 Å². The predicted octanol–water partition coefficient (Wildman–Crippen LogP) is 5.09. The molecule has 6 aromatic rings. The minimum absolute atomic E-state index is 0. The van der Waals surface area contributed by atoms with Crippen molar-refractivity contribution < 1.29 is 19.7 Å². The van der Waals surface area contributed by atoms with Crippen molar-refractivity contribution >= 4 is 34.0 Å². The summed E-state index contributed by atoms with van der Waals surface area (Å²) in [4.78, 5) is 22.4. The summed E-state index contributed by atoms with van der Waals surface area (Å²) in [6, 6.07) is 20.1. The van der Waals surface area contributed by atoms with Gasteiger partial charge in [-0.25, -0.2) is 4.98 Å². The van der Waals surface area contributed by atoms with Gasteiger partial charge in [-0.15, -0.1) is 12.4 Å². The second-order valence-corrected chi connectivity index (χ2v) is 9.39. The third kappa shape index (κ3) is 4.83. The van der Waals surface area contributed by atoms with Crippen LogP contribution in [-0.4, -0.2) is 44.2 Å². The van der Waals surface area contributed by atoms with Crippen molar-refractivity contribution in [3.05, 3.63) is 107 Å². The Morgan fingerprint density at radius 2 is 1.57 bits per heavy atom. The molecule has 0 saturated heterocycles. The molecule has 0 fully saturated rings. The zero-order valence-electron chi connectivity index (χ0n) is 22.8. The van der Waals surface area contributed by atoms with Gasteiger partial charge in [0.15, 0.2) is 17.3 Å². The summed E-state index contributed by atoms with van der Waals surface area (Å²) >= 11 is 0. The lowest BCUT2D eigenvalue weighted by molar-refractivity contribution is 0.260. The van der Waals surface area contributed by atoms with Crippen molar-refractivity contribution in [3.63, 3.8) is 0 Å². The minimum Gasteiger partial charge on any atom is -0.493 e. The highest BCUT2D eigenvalue weighted by Crippen LogP contribution is 2.40. The fourth-order valence-corrected chi connectivity index (χ4v) is 5.20. The summed E-state index contributed by atoms with van der Waals surface area (Å²) in [6.07, 6.45) is 5.02. The number of fused-ring (bicyclic) bond motifs is 2. The zero-order chi connectivity index (χ0) is 28.5. The second kappa shape index (κ2) is 12.0. The average molecular weight is 583 g/mol. The SMILES string of the molecule is COc1cc2cc(CO)c(CO)c(-c3ccc(-n4nc(-c5cccnc5)c5ccccc5c4=O)nc3)c2cc1OC.Cl. The smallest absolute Gasteiger partial charge is 0.280 e. The molecule has 3 aromatic heterocycles. The van der Waals surface area contributed by atoms with Crippen molar-refractivity contribution in [1.29, 1.82) is 0 Å². The van der Waals surface area contributed by atoms with Gasteiger partial charge in [-0.1, -0.05) is 18.2 Å². The maximum atomic E-state index is 13.5. The number of benzene rings is 3. The van der Waals surface area contributed by atoms with Crippen LogP contribution in [0.5, 0.6) is 11.5 Å². The van der Waals surface area contributed by atoms with E-state index < -0.39 is 0 Å². The Labute approximate surface area is 247 Å². The quantitative estimate of drug-likeness (QED) is 0.267. The van der Waals surface area contributed by atoms with Gasteiger partial charge in [0.2, 0.25) is 0 Å². The Balaban J connectivity index is 0.00000353. The zero-order valence-corrected chi connectivity index (χ0v) is 23.6. The van der Waals surface area contributed by atoms with E-state index in [1.54, 1.807) is 44.9 Å². The largest absolute Gasteiger partial charge is 0.493 e. The molecule has 2 N–H and O–H groups in total. The normalized spacial score (nSPS) is 11.0. The van der Waals surface area contributed by atoms with E-state index in [1.165, 1.54) is 4.68 Å². The van der Waals surface area contributed by atoms with Crippen LogP contribution in [0.3, 0.4) is 0 Å². The molecule has 212 valence electrons. The van der Waals surface area contributed by atoms with Crippen molar-refractivity contribution in [3.8, 4) is 39.7 Å². The predicted molar refractivity (Wildman–Crippen MR) is 164 cm³/mol. The maximum absolute atomic E-state index is 13.5. The number of nitrogens with zero attached hydrogens (tertiary/aromatic N) is 4. The first-order valence-electron chi connectivity index (χ1n) is 12.9. The Bertz CT molecular complexity index is 1960. The van der Waals surface area contributed by atoms with Crippen LogP contribution < -0.4 is 15.0 Å². The molecule has 0 radical (unpaired) electrons. The highest BCUT2D eigenvalue weighted by atomic mass is 35.5. The van der Waals surface area contributed by atoms with Crippen LogP contribution in [0.1, 0.15) is 11.1 Å². The molecule has 6 rings (SSSR count). The third-order valence-electron chi connectivity index (χ3n) is 7.17. The number of pyridine rings is 2. The molecular formula is C32H27ClN4O5. The molecule has 0 bridgehead atoms. The number of hydrogen-bond donors (Lipinski definition) is 2. The standard InChI is InChI=1S/C32H26N4O5.ClH/c1-40-27-13-21-12-22(17-37)26(18-38)30(25(21)14-28(27)41-2)19-9-10-29(34-16-19)36-32(39)24-8-4-3-7-23(24)31(35-36)20-6-5-11-33-15-20;/h3-16,37-38H,17-18H2,1-2H3;1H. The number of aliphatic hydroxyl groups is 2. The van der Waals surface area contributed by atoms with Crippen molar-refractivity contribution in [1.82, 2.24) is 19.7 Å². The van der Waals surface area contributed by atoms with Gasteiger partial charge in [0, 0.05) is 35.1 Å². The molecule has 3 heterocycles. The maximum Gasteiger partial charge on any atom is 0.280 e. The van der Waals surface area contributed by atoms with Gasteiger partial charge in [-0.2, -0.15) is 9.78 Å². The molecule has 0 atom stereocenters. The fraction of sp³-hybridized carbons (Fsp3) is 0.125. The topological polar surface area (TPSA) is 120 Å². The lowest BCUT2D eigenvalue weighted by atomic mass is 9.90. The highest BCUT2D eigenvalue weighted by Gasteiger charge is 2.19. The van der Waals surface area contributed by atoms with E-state index in [2.05, 4.69) is 9.97 Å². The summed E-state index contributed by atoms with van der Waals surface area (Å²) in [5.41, 5.74) is 3.63. The van der Waals surface area contributed by atoms with Gasteiger partial charge in [0.1, 0.15) is 5.69 Å². The van der Waals surface area contributed by atoms with E-state index in [0.29, 0.717) is 50.7 Å². The molecular weight excluding hydrogens is 556 g/mol. The molecule has 0 saturated carbocycles. The first-order chi connectivity index (χ1) is 20.1. The van der Waals surface area contributed by atoms with Gasteiger partial charge in [-0.3, -0.25) is 9.78 Å². The summed E-state index contributed by atoms with van der Waals surface area (Å²) in [6.45, 7) is -0.552. The molecule has 0 spiro atoms. The molecule has 10 heteroatoms. The van der Waals surface area contributed by atoms with Crippen molar-refractivity contribution in [2.75, 3.05) is 14.2 Å². The van der Waals surface area contributed by atoms with E-state index in [9.17, 15) is 15.0 Å². The second-order valence-electron chi connectivity index (χ2n) is 9.39. The number of methoxy groups -OCH3 is 2. The number of aromatic nitrogens is 4. The number of hydrogen-bond acceptors (Lipinski definition) is 8. The average Bonchev–Trinajstić information content (AvgIpc) is 3.04. The lowest BCUT2D eigenvalue weighted by Gasteiger charge is -2.18. The van der Waals surface area contributed by atoms with Crippen LogP contribution in [0.15, 0.2) is 90.1 Å². The van der Waals surface area contributed by atoms with E-state index in [1.807, 2.05) is 54.6 Å². The highest BCUT2D eigenvalue weighted by molar-refractivity contribution is 6.01. The third-order valence-corrected chi connectivity index (χ3v) is 7.17. The van der Waals surface area contributed by atoms with E-state index in [0.717, 1.165) is 21.7 Å². The van der Waals surface area contributed by atoms with Crippen LogP contribution in [0.25, 0.3) is 49.7 Å². The Morgan fingerprint density at radius 1 is 0.810 bits per heavy atom. The number of ether oxygens (including phenoxy) is 2. The fourth-order valence-electron chi connectivity index (χ4n) is 5.20. The van der Waals surface area contributed by atoms with E-state index in [4.69, 9.17) is 14.6 Å². The lowest BCUT2D eigenvalue weighted by Crippen LogP contribution is -2.23. The van der Waals surface area contributed by atoms with Crippen LogP contribution in [0.4, 0.5) is 0 Å². The summed E-state index contributed by atoms with van der Waals surface area (Å²) in [5, 5.41) is 28.0. The molecule has 3 aromatic carbocycles. The Kier molecular flexibility index (Phi) is 8.17. The van der Waals surface area contributed by atoms with Crippen molar-refractivity contribution in [2.24, 2.45) is 0 Å². The first kappa shape index (κ1) is 28.7. The minimum atomic E-state index is -0.297. The molecule has 0 aliphatic rings. The van der Waals surface area contributed by atoms with Gasteiger partial charge < -0.3 is 19.7 Å². The van der Waals surface area contributed by atoms with Crippen molar-refractivity contribution in [2.45, 2.75) is 13.2 Å². The number of aliphatic hydroxyl groups excluding tert-OH is 2. The van der Waals surface area contributed by atoms with Crippen LogP contribution in [-0.2, 0) is 13.2 Å². The summed E-state index contributed by atoms with van der Waals surface area (Å²) in [7, 11) is 3.12. The van der Waals surface area contributed by atoms with Gasteiger partial charge in [0.25, 0.3) is 5.56 Å². The first-order valence-corrected chi connectivity index (χ1v) is 12.9. The molecule has 0 amide bonds. The van der Waals surface area contributed by atoms with Crippen LogP contribution in [0, 0.1) is 0 Å². The summed E-state index contributed by atoms with van der Waals surface area (Å²) < 4.78 is 12.3. The Morgan fingerprint density at radius 3 is 2.21 bits per heavy atom. The number of rotatable bonds is 7. The van der Waals surface area contributed by atoms with Gasteiger partial charge in [0.05, 0.1) is 32.8 Å². The Hall–Kier alpha value is -4.83. The molecule has 9 nitrogen and oxygen atoms in total. The van der Waals surface area contributed by atoms with Crippen LogP contribution >= 0.6 is 12.4 Å². The molecule has 0 aliphatic heterocycles. The van der Waals surface area contributed by atoms with E-state index >= 15 is 0 Å². The molecule has 0 aliphatic carbocycles.